The van der Waals surface area contributed by atoms with Gasteiger partial charge in [0.25, 0.3) is 0 Å². The summed E-state index contributed by atoms with van der Waals surface area (Å²) in [6, 6.07) is 0. The van der Waals surface area contributed by atoms with E-state index in [1.807, 2.05) is 11.8 Å². The Kier molecular flexibility index (Phi) is 15.7. The Labute approximate surface area is 111 Å². The van der Waals surface area contributed by atoms with Crippen molar-refractivity contribution in [2.75, 3.05) is 11.5 Å². The summed E-state index contributed by atoms with van der Waals surface area (Å²) in [5.41, 5.74) is 0. The number of nitrogens with zero attached hydrogens (tertiary/aromatic N) is 1. The predicted octanol–water partition coefficient (Wildman–Crippen LogP) is 5.10. The highest BCUT2D eigenvalue weighted by Gasteiger charge is 1.92. The van der Waals surface area contributed by atoms with Crippen molar-refractivity contribution in [3.8, 4) is 0 Å². The molecule has 0 bridgehead atoms. The van der Waals surface area contributed by atoms with Crippen LogP contribution in [-0.4, -0.2) is 22.9 Å². The first-order chi connectivity index (χ1) is 8.41. The lowest BCUT2D eigenvalue weighted by atomic mass is 10.1. The third kappa shape index (κ3) is 15.8. The fourth-order valence-electron chi connectivity index (χ4n) is 1.86. The van der Waals surface area contributed by atoms with Crippen molar-refractivity contribution in [1.29, 1.82) is 0 Å². The minimum Gasteiger partial charge on any atom is -0.411 e. The highest BCUT2D eigenvalue weighted by Crippen LogP contribution is 2.11. The molecule has 0 aromatic carbocycles. The standard InChI is InChI=1S/C14H29NOS/c1-2-3-4-5-6-7-8-9-10-11-13-17-14-12-15-16/h12,16H,2-11,13-14H2,1H3. The zero-order chi connectivity index (χ0) is 12.6. The first kappa shape index (κ1) is 16.8. The highest BCUT2D eigenvalue weighted by molar-refractivity contribution is 7.99. The summed E-state index contributed by atoms with van der Waals surface area (Å²) in [6.07, 6.45) is 15.5. The van der Waals surface area contributed by atoms with Crippen LogP contribution in [0, 0.1) is 0 Å². The second kappa shape index (κ2) is 15.8. The molecule has 0 heterocycles. The minimum absolute atomic E-state index is 0.841. The van der Waals surface area contributed by atoms with E-state index >= 15 is 0 Å². The lowest BCUT2D eigenvalue weighted by Crippen LogP contribution is -1.86. The SMILES string of the molecule is CCCCCCCCCCCCSCC=NO. The van der Waals surface area contributed by atoms with Gasteiger partial charge in [0, 0.05) is 5.75 Å². The number of hydrogen-bond acceptors (Lipinski definition) is 3. The summed E-state index contributed by atoms with van der Waals surface area (Å²) in [5.74, 6) is 2.04. The molecule has 102 valence electrons. The topological polar surface area (TPSA) is 32.6 Å². The molecule has 1 N–H and O–H groups in total. The van der Waals surface area contributed by atoms with Gasteiger partial charge in [-0.2, -0.15) is 11.8 Å². The van der Waals surface area contributed by atoms with E-state index in [2.05, 4.69) is 12.1 Å². The van der Waals surface area contributed by atoms with Crippen molar-refractivity contribution in [2.45, 2.75) is 71.1 Å². The molecule has 3 heteroatoms. The van der Waals surface area contributed by atoms with Gasteiger partial charge < -0.3 is 5.21 Å². The zero-order valence-corrected chi connectivity index (χ0v) is 12.2. The molecule has 2 nitrogen and oxygen atoms in total. The zero-order valence-electron chi connectivity index (χ0n) is 11.4. The Bertz CT molecular complexity index is 162. The van der Waals surface area contributed by atoms with Crippen LogP contribution in [0.5, 0.6) is 0 Å². The van der Waals surface area contributed by atoms with Gasteiger partial charge in [-0.1, -0.05) is 64.7 Å². The fourth-order valence-corrected chi connectivity index (χ4v) is 2.61. The van der Waals surface area contributed by atoms with Crippen LogP contribution in [0.2, 0.25) is 0 Å². The Hall–Kier alpha value is -0.180. The van der Waals surface area contributed by atoms with Crippen molar-refractivity contribution < 1.29 is 5.21 Å². The molecule has 0 unspecified atom stereocenters. The lowest BCUT2D eigenvalue weighted by Gasteiger charge is -2.01. The van der Waals surface area contributed by atoms with Crippen molar-refractivity contribution in [3.05, 3.63) is 0 Å². The summed E-state index contributed by atoms with van der Waals surface area (Å²) in [5, 5.41) is 11.2. The highest BCUT2D eigenvalue weighted by atomic mass is 32.2. The van der Waals surface area contributed by atoms with E-state index in [9.17, 15) is 0 Å². The van der Waals surface area contributed by atoms with Crippen molar-refractivity contribution >= 4 is 18.0 Å². The van der Waals surface area contributed by atoms with E-state index in [1.54, 1.807) is 6.21 Å². The molecular weight excluding hydrogens is 230 g/mol. The second-order valence-electron chi connectivity index (χ2n) is 4.55. The van der Waals surface area contributed by atoms with Crippen LogP contribution in [0.15, 0.2) is 5.16 Å². The number of oxime groups is 1. The summed E-state index contributed by atoms with van der Waals surface area (Å²) in [4.78, 5) is 0. The maximum Gasteiger partial charge on any atom is 0.0534 e. The average Bonchev–Trinajstić information content (AvgIpc) is 2.35. The van der Waals surface area contributed by atoms with Crippen LogP contribution >= 0.6 is 11.8 Å². The molecule has 0 radical (unpaired) electrons. The van der Waals surface area contributed by atoms with Crippen molar-refractivity contribution in [2.24, 2.45) is 5.16 Å². The van der Waals surface area contributed by atoms with E-state index in [-0.39, 0.29) is 0 Å². The number of thioether (sulfide) groups is 1. The lowest BCUT2D eigenvalue weighted by molar-refractivity contribution is 0.321. The summed E-state index contributed by atoms with van der Waals surface area (Å²) in [6.45, 7) is 2.27. The summed E-state index contributed by atoms with van der Waals surface area (Å²) in [7, 11) is 0. The van der Waals surface area contributed by atoms with E-state index in [0.29, 0.717) is 0 Å². The molecule has 17 heavy (non-hydrogen) atoms. The molecule has 0 saturated heterocycles. The molecule has 0 fully saturated rings. The van der Waals surface area contributed by atoms with Crippen molar-refractivity contribution in [3.63, 3.8) is 0 Å². The quantitative estimate of drug-likeness (QED) is 0.216. The Morgan fingerprint density at radius 2 is 1.41 bits per heavy atom. The molecule has 0 saturated carbocycles. The van der Waals surface area contributed by atoms with Gasteiger partial charge >= 0.3 is 0 Å². The Balaban J connectivity index is 2.89. The van der Waals surface area contributed by atoms with Gasteiger partial charge in [-0.3, -0.25) is 0 Å². The van der Waals surface area contributed by atoms with E-state index < -0.39 is 0 Å². The molecule has 0 aromatic heterocycles. The molecule has 0 spiro atoms. The smallest absolute Gasteiger partial charge is 0.0534 e. The van der Waals surface area contributed by atoms with Gasteiger partial charge in [-0.05, 0) is 12.2 Å². The van der Waals surface area contributed by atoms with Crippen LogP contribution in [0.3, 0.4) is 0 Å². The maximum atomic E-state index is 8.20. The number of unbranched alkanes of at least 4 members (excludes halogenated alkanes) is 9. The average molecular weight is 259 g/mol. The third-order valence-corrected chi connectivity index (χ3v) is 3.88. The number of rotatable bonds is 13. The largest absolute Gasteiger partial charge is 0.411 e. The van der Waals surface area contributed by atoms with Gasteiger partial charge in [-0.25, -0.2) is 0 Å². The van der Waals surface area contributed by atoms with Crippen LogP contribution in [0.1, 0.15) is 71.1 Å². The van der Waals surface area contributed by atoms with Crippen molar-refractivity contribution in [1.82, 2.24) is 0 Å². The second-order valence-corrected chi connectivity index (χ2v) is 5.70. The van der Waals surface area contributed by atoms with Gasteiger partial charge in [0.2, 0.25) is 0 Å². The molecular formula is C14H29NOS. The van der Waals surface area contributed by atoms with Crippen LogP contribution in [-0.2, 0) is 0 Å². The van der Waals surface area contributed by atoms with E-state index in [4.69, 9.17) is 5.21 Å². The molecule has 0 atom stereocenters. The summed E-state index contributed by atoms with van der Waals surface area (Å²) >= 11 is 1.85. The first-order valence-corrected chi connectivity index (χ1v) is 8.31. The molecule has 0 aliphatic heterocycles. The van der Waals surface area contributed by atoms with Gasteiger partial charge in [-0.15, -0.1) is 5.16 Å². The van der Waals surface area contributed by atoms with Gasteiger partial charge in [0.05, 0.1) is 6.21 Å². The van der Waals surface area contributed by atoms with E-state index in [0.717, 1.165) is 5.75 Å². The van der Waals surface area contributed by atoms with Gasteiger partial charge in [0.1, 0.15) is 0 Å². The first-order valence-electron chi connectivity index (χ1n) is 7.15. The molecule has 0 aliphatic rings. The molecule has 0 rings (SSSR count). The normalized spacial score (nSPS) is 11.4. The number of hydrogen-bond donors (Lipinski definition) is 1. The Morgan fingerprint density at radius 3 is 1.94 bits per heavy atom. The molecule has 0 amide bonds. The van der Waals surface area contributed by atoms with E-state index in [1.165, 1.54) is 70.0 Å². The molecule has 0 aliphatic carbocycles. The van der Waals surface area contributed by atoms with Crippen LogP contribution in [0.4, 0.5) is 0 Å². The van der Waals surface area contributed by atoms with Crippen LogP contribution in [0.25, 0.3) is 0 Å². The maximum absolute atomic E-state index is 8.20. The summed E-state index contributed by atoms with van der Waals surface area (Å²) < 4.78 is 0. The minimum atomic E-state index is 0.841. The van der Waals surface area contributed by atoms with Crippen LogP contribution < -0.4 is 0 Å². The Morgan fingerprint density at radius 1 is 0.882 bits per heavy atom. The predicted molar refractivity (Wildman–Crippen MR) is 79.4 cm³/mol. The molecule has 0 aromatic rings. The van der Waals surface area contributed by atoms with Gasteiger partial charge in [0.15, 0.2) is 0 Å². The third-order valence-electron chi connectivity index (χ3n) is 2.92. The monoisotopic (exact) mass is 259 g/mol. The fraction of sp³-hybridized carbons (Fsp3) is 0.929.